The zero-order valence-electron chi connectivity index (χ0n) is 41.7. The molecule has 0 bridgehead atoms. The maximum Gasteiger partial charge on any atom is 0.132 e. The molecule has 1 heterocycles. The van der Waals surface area contributed by atoms with E-state index in [1.54, 1.807) is 0 Å². The lowest BCUT2D eigenvalue weighted by atomic mass is 9.64. The topological polar surface area (TPSA) is 12.5 Å². The second-order valence-electron chi connectivity index (χ2n) is 22.4. The Morgan fingerprint density at radius 1 is 0.292 bits per heavy atom. The van der Waals surface area contributed by atoms with Gasteiger partial charge in [0.25, 0.3) is 0 Å². The summed E-state index contributed by atoms with van der Waals surface area (Å²) in [6, 6.07) is 84.7. The summed E-state index contributed by atoms with van der Waals surface area (Å²) in [5.41, 5.74) is 24.9. The highest BCUT2D eigenvalue weighted by molar-refractivity contribution is 5.97. The summed E-state index contributed by atoms with van der Waals surface area (Å²) in [6.45, 7) is 13.9. The molecular formula is C70H55NO. The average Bonchev–Trinajstić information content (AvgIpc) is 4.00. The van der Waals surface area contributed by atoms with Gasteiger partial charge in [0.15, 0.2) is 0 Å². The molecule has 0 atom stereocenters. The van der Waals surface area contributed by atoms with E-state index in [4.69, 9.17) is 4.74 Å². The molecule has 10 aromatic rings. The highest BCUT2D eigenvalue weighted by Crippen LogP contribution is 2.65. The van der Waals surface area contributed by atoms with Gasteiger partial charge in [0.1, 0.15) is 11.5 Å². The number of anilines is 3. The summed E-state index contributed by atoms with van der Waals surface area (Å²) in [5.74, 6) is 1.81. The van der Waals surface area contributed by atoms with Gasteiger partial charge in [-0.1, -0.05) is 205 Å². The fraction of sp³-hybridized carbons (Fsp3) is 0.143. The van der Waals surface area contributed by atoms with E-state index in [2.05, 4.69) is 271 Å². The third-order valence-electron chi connectivity index (χ3n) is 16.5. The van der Waals surface area contributed by atoms with E-state index >= 15 is 0 Å². The lowest BCUT2D eigenvalue weighted by Gasteiger charge is -2.41. The fourth-order valence-electron chi connectivity index (χ4n) is 13.1. The van der Waals surface area contributed by atoms with Crippen molar-refractivity contribution in [1.29, 1.82) is 0 Å². The summed E-state index contributed by atoms with van der Waals surface area (Å²) in [4.78, 5) is 2.51. The van der Waals surface area contributed by atoms with E-state index < -0.39 is 10.8 Å². The number of nitrogens with zero attached hydrogens (tertiary/aromatic N) is 1. The lowest BCUT2D eigenvalue weighted by molar-refractivity contribution is 0.433. The third kappa shape index (κ3) is 5.84. The Hall–Kier alpha value is -8.20. The first kappa shape index (κ1) is 42.7. The molecule has 0 saturated heterocycles. The number of ether oxygens (including phenoxy) is 1. The predicted molar refractivity (Wildman–Crippen MR) is 298 cm³/mol. The van der Waals surface area contributed by atoms with Crippen LogP contribution >= 0.6 is 0 Å². The summed E-state index contributed by atoms with van der Waals surface area (Å²) >= 11 is 0. The largest absolute Gasteiger partial charge is 0.457 e. The molecule has 0 saturated carbocycles. The number of benzene rings is 10. The number of fused-ring (bicyclic) bond motifs is 19. The molecule has 0 unspecified atom stereocenters. The van der Waals surface area contributed by atoms with Crippen LogP contribution in [-0.2, 0) is 21.7 Å². The van der Waals surface area contributed by atoms with E-state index in [0.717, 1.165) is 28.6 Å². The van der Waals surface area contributed by atoms with Gasteiger partial charge in [-0.2, -0.15) is 0 Å². The molecule has 346 valence electrons. The van der Waals surface area contributed by atoms with Crippen LogP contribution in [0.5, 0.6) is 11.5 Å². The quantitative estimate of drug-likeness (QED) is 0.174. The molecule has 0 N–H and O–H groups in total. The number of hydrogen-bond donors (Lipinski definition) is 0. The third-order valence-corrected chi connectivity index (χ3v) is 16.5. The minimum Gasteiger partial charge on any atom is -0.457 e. The van der Waals surface area contributed by atoms with Gasteiger partial charge < -0.3 is 9.64 Å². The maximum absolute atomic E-state index is 7.05. The summed E-state index contributed by atoms with van der Waals surface area (Å²) in [5, 5.41) is 0. The summed E-state index contributed by atoms with van der Waals surface area (Å²) < 4.78 is 7.05. The maximum atomic E-state index is 7.05. The Kier molecular flexibility index (Phi) is 8.98. The molecule has 10 aromatic carbocycles. The summed E-state index contributed by atoms with van der Waals surface area (Å²) in [7, 11) is 0. The monoisotopic (exact) mass is 925 g/mol. The van der Waals surface area contributed by atoms with Gasteiger partial charge in [-0.25, -0.2) is 0 Å². The Morgan fingerprint density at radius 3 is 1.06 bits per heavy atom. The highest BCUT2D eigenvalue weighted by atomic mass is 16.5. The highest BCUT2D eigenvalue weighted by Gasteiger charge is 2.54. The second-order valence-corrected chi connectivity index (χ2v) is 22.4. The molecule has 1 aliphatic heterocycles. The van der Waals surface area contributed by atoms with Gasteiger partial charge in [0, 0.05) is 28.2 Å². The van der Waals surface area contributed by atoms with Crippen molar-refractivity contribution in [3.63, 3.8) is 0 Å². The Bertz CT molecular complexity index is 3730. The molecule has 2 spiro atoms. The van der Waals surface area contributed by atoms with Gasteiger partial charge in [-0.15, -0.1) is 0 Å². The first-order valence-corrected chi connectivity index (χ1v) is 25.6. The number of rotatable bonds is 4. The second kappa shape index (κ2) is 15.2. The Morgan fingerprint density at radius 2 is 0.639 bits per heavy atom. The number of hydrogen-bond acceptors (Lipinski definition) is 2. The first-order chi connectivity index (χ1) is 35.0. The van der Waals surface area contributed by atoms with Crippen LogP contribution in [0, 0.1) is 0 Å². The van der Waals surface area contributed by atoms with Crippen LogP contribution < -0.4 is 9.64 Å². The molecule has 0 amide bonds. The van der Waals surface area contributed by atoms with E-state index in [-0.39, 0.29) is 10.8 Å². The van der Waals surface area contributed by atoms with Crippen molar-refractivity contribution < 1.29 is 4.74 Å². The van der Waals surface area contributed by atoms with Crippen LogP contribution in [-0.4, -0.2) is 0 Å². The van der Waals surface area contributed by atoms with Crippen molar-refractivity contribution >= 4 is 17.1 Å². The molecule has 3 aliphatic carbocycles. The van der Waals surface area contributed by atoms with Crippen LogP contribution in [0.15, 0.2) is 224 Å². The van der Waals surface area contributed by atoms with E-state index in [1.165, 1.54) is 100 Å². The molecule has 2 nitrogen and oxygen atoms in total. The normalized spacial score (nSPS) is 14.6. The van der Waals surface area contributed by atoms with Crippen LogP contribution in [0.2, 0.25) is 0 Å². The van der Waals surface area contributed by atoms with Crippen LogP contribution in [0.25, 0.3) is 44.5 Å². The van der Waals surface area contributed by atoms with Crippen molar-refractivity contribution in [1.82, 2.24) is 0 Å². The van der Waals surface area contributed by atoms with E-state index in [0.29, 0.717) is 0 Å². The minimum atomic E-state index is -0.670. The molecule has 0 aromatic heterocycles. The molecule has 0 radical (unpaired) electrons. The molecule has 72 heavy (non-hydrogen) atoms. The average molecular weight is 926 g/mol. The summed E-state index contributed by atoms with van der Waals surface area (Å²) in [6.07, 6.45) is 0. The van der Waals surface area contributed by atoms with Crippen molar-refractivity contribution in [2.75, 3.05) is 4.90 Å². The molecular weight excluding hydrogens is 871 g/mol. The van der Waals surface area contributed by atoms with Crippen molar-refractivity contribution in [2.24, 2.45) is 0 Å². The van der Waals surface area contributed by atoms with Gasteiger partial charge in [0.2, 0.25) is 0 Å². The van der Waals surface area contributed by atoms with E-state index in [1.807, 2.05) is 0 Å². The smallest absolute Gasteiger partial charge is 0.132 e. The molecule has 0 fully saturated rings. The molecule has 14 rings (SSSR count). The zero-order chi connectivity index (χ0) is 48.7. The predicted octanol–water partition coefficient (Wildman–Crippen LogP) is 18.2. The Labute approximate surface area is 423 Å². The van der Waals surface area contributed by atoms with Crippen LogP contribution in [0.4, 0.5) is 17.1 Å². The molecule has 4 aliphatic rings. The zero-order valence-corrected chi connectivity index (χ0v) is 41.7. The van der Waals surface area contributed by atoms with Gasteiger partial charge >= 0.3 is 0 Å². The van der Waals surface area contributed by atoms with Crippen molar-refractivity contribution in [2.45, 2.75) is 63.2 Å². The van der Waals surface area contributed by atoms with Gasteiger partial charge in [-0.3, -0.25) is 0 Å². The Balaban J connectivity index is 1.05. The van der Waals surface area contributed by atoms with Crippen LogP contribution in [0.1, 0.15) is 97.2 Å². The van der Waals surface area contributed by atoms with Gasteiger partial charge in [-0.05, 0) is 161 Å². The van der Waals surface area contributed by atoms with Crippen molar-refractivity contribution in [3.8, 4) is 56.0 Å². The molecule has 2 heteroatoms. The van der Waals surface area contributed by atoms with Gasteiger partial charge in [0.05, 0.1) is 10.8 Å². The minimum absolute atomic E-state index is 0.0831. The van der Waals surface area contributed by atoms with Crippen LogP contribution in [0.3, 0.4) is 0 Å². The van der Waals surface area contributed by atoms with Crippen molar-refractivity contribution in [3.05, 3.63) is 280 Å². The SMILES string of the molecule is CC(C)(C)c1ccc2c(c1)C1(c3cc(C(C)(C)C)ccc3O2)c2ccccc2-c2ccc(N(c3ccc(-c4ccccc4)cc3)c3ccc4c(c3)C3(c5ccccc5-c5ccccc53)c3ccccc3-4)cc21. The fourth-order valence-corrected chi connectivity index (χ4v) is 13.1. The standard InChI is InChI=1S/C70H55NO/c1-67(2,3)46-30-38-65-63(40-46)70(64-41-47(68(4,5)6)31-39-66(64)72-65)60-27-17-13-23-54(60)56-37-35-50(43-62(56)70)71(48-32-28-45(29-33-48)44-18-8-7-9-19-44)49-34-36-55-53-22-12-16-26-59(53)69(61(55)42-49)57-24-14-10-20-51(57)52-21-11-15-25-58(52)69/h7-43H,1-6H3. The first-order valence-electron chi connectivity index (χ1n) is 25.6. The van der Waals surface area contributed by atoms with E-state index in [9.17, 15) is 0 Å². The lowest BCUT2D eigenvalue weighted by Crippen LogP contribution is -2.33.